The number of amides is 2. The molecular weight excluding hydrogens is 436 g/mol. The number of fused-ring (bicyclic) bond motifs is 4. The quantitative estimate of drug-likeness (QED) is 0.652. The van der Waals surface area contributed by atoms with E-state index in [2.05, 4.69) is 5.32 Å². The smallest absolute Gasteiger partial charge is 0.339 e. The topological polar surface area (TPSA) is 109 Å². The van der Waals surface area contributed by atoms with Gasteiger partial charge in [0.25, 0.3) is 5.91 Å². The van der Waals surface area contributed by atoms with Gasteiger partial charge in [-0.15, -0.1) is 0 Å². The second-order valence-electron chi connectivity index (χ2n) is 9.97. The number of carbonyl (C=O) groups is 2. The predicted molar refractivity (Wildman–Crippen MR) is 126 cm³/mol. The third-order valence-corrected chi connectivity index (χ3v) is 7.82. The fourth-order valence-electron chi connectivity index (χ4n) is 5.81. The van der Waals surface area contributed by atoms with Crippen LogP contribution in [-0.4, -0.2) is 53.2 Å². The monoisotopic (exact) mass is 468 g/mol. The summed E-state index contributed by atoms with van der Waals surface area (Å²) in [5, 5.41) is 14.4. The van der Waals surface area contributed by atoms with Crippen LogP contribution in [0.25, 0.3) is 11.0 Å². The zero-order valence-corrected chi connectivity index (χ0v) is 19.6. The number of aryl methyl sites for hydroxylation is 1. The van der Waals surface area contributed by atoms with E-state index in [1.54, 1.807) is 24.0 Å². The Kier molecular flexibility index (Phi) is 6.10. The molecule has 0 spiro atoms. The van der Waals surface area contributed by atoms with Crippen LogP contribution in [0.3, 0.4) is 0 Å². The largest absolute Gasteiger partial charge is 0.481 e. The molecule has 2 aliphatic carbocycles. The molecule has 0 unspecified atom stereocenters. The Morgan fingerprint density at radius 2 is 2.06 bits per heavy atom. The van der Waals surface area contributed by atoms with Crippen molar-refractivity contribution >= 4 is 22.8 Å². The van der Waals surface area contributed by atoms with E-state index in [4.69, 9.17) is 9.15 Å². The van der Waals surface area contributed by atoms with Crippen LogP contribution in [0.15, 0.2) is 27.4 Å². The van der Waals surface area contributed by atoms with E-state index in [1.165, 1.54) is 0 Å². The number of piperidine rings is 1. The summed E-state index contributed by atoms with van der Waals surface area (Å²) in [5.41, 5.74) is 1.33. The molecule has 1 aliphatic heterocycles. The summed E-state index contributed by atoms with van der Waals surface area (Å²) < 4.78 is 11.2. The summed E-state index contributed by atoms with van der Waals surface area (Å²) in [6, 6.07) is 5.28. The molecule has 1 aromatic heterocycles. The number of nitrogens with zero attached hydrogens (tertiary/aromatic N) is 1. The Hall–Kier alpha value is -2.87. The highest BCUT2D eigenvalue weighted by Crippen LogP contribution is 2.39. The number of aliphatic hydroxyl groups is 1. The molecule has 8 nitrogen and oxygen atoms in total. The van der Waals surface area contributed by atoms with Crippen LogP contribution >= 0.6 is 0 Å². The van der Waals surface area contributed by atoms with Gasteiger partial charge in [-0.1, -0.05) is 12.8 Å². The highest BCUT2D eigenvalue weighted by atomic mass is 16.5. The van der Waals surface area contributed by atoms with E-state index in [0.717, 1.165) is 61.5 Å². The lowest BCUT2D eigenvalue weighted by Crippen LogP contribution is -2.56. The van der Waals surface area contributed by atoms with Gasteiger partial charge in [-0.2, -0.15) is 0 Å². The highest BCUT2D eigenvalue weighted by Gasteiger charge is 2.43. The number of rotatable bonds is 5. The Morgan fingerprint density at radius 3 is 2.91 bits per heavy atom. The maximum atomic E-state index is 12.7. The zero-order valence-electron chi connectivity index (χ0n) is 19.6. The third-order valence-electron chi connectivity index (χ3n) is 7.82. The Labute approximate surface area is 198 Å². The van der Waals surface area contributed by atoms with Crippen molar-refractivity contribution in [1.82, 2.24) is 10.2 Å². The van der Waals surface area contributed by atoms with Gasteiger partial charge >= 0.3 is 5.63 Å². The zero-order chi connectivity index (χ0) is 23.9. The number of ether oxygens (including phenoxy) is 1. The van der Waals surface area contributed by atoms with Gasteiger partial charge in [0, 0.05) is 36.0 Å². The van der Waals surface area contributed by atoms with Gasteiger partial charge < -0.3 is 24.5 Å². The summed E-state index contributed by atoms with van der Waals surface area (Å²) >= 11 is 0. The van der Waals surface area contributed by atoms with E-state index in [9.17, 15) is 19.5 Å². The van der Waals surface area contributed by atoms with E-state index >= 15 is 0 Å². The number of hydrogen-bond acceptors (Lipinski definition) is 6. The molecule has 3 atom stereocenters. The fraction of sp³-hybridized carbons (Fsp3) is 0.577. The van der Waals surface area contributed by atoms with Gasteiger partial charge in [0.15, 0.2) is 6.10 Å². The summed E-state index contributed by atoms with van der Waals surface area (Å²) in [6.07, 6.45) is 6.21. The first kappa shape index (κ1) is 22.9. The van der Waals surface area contributed by atoms with Crippen LogP contribution in [0.2, 0.25) is 0 Å². The number of likely N-dealkylation sites (tertiary alicyclic amines) is 1. The van der Waals surface area contributed by atoms with Crippen molar-refractivity contribution < 1.29 is 23.8 Å². The first-order valence-electron chi connectivity index (χ1n) is 12.4. The second-order valence-corrected chi connectivity index (χ2v) is 9.97. The van der Waals surface area contributed by atoms with E-state index < -0.39 is 17.6 Å². The molecule has 3 aliphatic rings. The Bertz CT molecular complexity index is 1170. The fourth-order valence-corrected chi connectivity index (χ4v) is 5.81. The highest BCUT2D eigenvalue weighted by molar-refractivity contribution is 5.87. The molecule has 182 valence electrons. The Balaban J connectivity index is 1.16. The summed E-state index contributed by atoms with van der Waals surface area (Å²) in [5.74, 6) is 0.00539. The normalized spacial score (nSPS) is 24.9. The van der Waals surface area contributed by atoms with E-state index in [0.29, 0.717) is 30.8 Å². The number of hydrogen-bond donors (Lipinski definition) is 2. The van der Waals surface area contributed by atoms with Crippen LogP contribution in [0.4, 0.5) is 0 Å². The van der Waals surface area contributed by atoms with Crippen LogP contribution in [0.1, 0.15) is 56.6 Å². The van der Waals surface area contributed by atoms with Crippen molar-refractivity contribution in [3.63, 3.8) is 0 Å². The van der Waals surface area contributed by atoms with Crippen molar-refractivity contribution in [2.24, 2.45) is 5.92 Å². The van der Waals surface area contributed by atoms with Gasteiger partial charge in [0.05, 0.1) is 12.1 Å². The molecule has 0 bridgehead atoms. The van der Waals surface area contributed by atoms with Gasteiger partial charge in [0.2, 0.25) is 5.91 Å². The average molecular weight is 469 g/mol. The van der Waals surface area contributed by atoms with Crippen molar-refractivity contribution in [3.8, 4) is 5.75 Å². The molecule has 8 heteroatoms. The third kappa shape index (κ3) is 4.31. The lowest BCUT2D eigenvalue weighted by atomic mass is 9.71. The molecule has 2 amide bonds. The van der Waals surface area contributed by atoms with Gasteiger partial charge in [-0.05, 0) is 63.1 Å². The van der Waals surface area contributed by atoms with Crippen molar-refractivity contribution in [1.29, 1.82) is 0 Å². The lowest BCUT2D eigenvalue weighted by molar-refractivity contribution is -0.144. The minimum Gasteiger partial charge on any atom is -0.481 e. The standard InChI is InChI=1S/C26H32N2O6/c1-16(33-18-8-9-20-19-6-4-7-21(19)25(31)34-22(20)13-18)24(30)27-14-23(29)28-12-11-26(32)10-3-2-5-17(26)15-28/h8-9,13,16-17,32H,2-7,10-12,14-15H2,1H3,(H,27,30)/t16-,17+,26+/m1/s1. The number of carbonyl (C=O) groups excluding carboxylic acids is 2. The minimum absolute atomic E-state index is 0.101. The Morgan fingerprint density at radius 1 is 1.24 bits per heavy atom. The van der Waals surface area contributed by atoms with Crippen molar-refractivity contribution in [2.45, 2.75) is 70.0 Å². The van der Waals surface area contributed by atoms with Crippen LogP contribution < -0.4 is 15.7 Å². The number of benzene rings is 1. The molecule has 34 heavy (non-hydrogen) atoms. The molecule has 5 rings (SSSR count). The summed E-state index contributed by atoms with van der Waals surface area (Å²) in [4.78, 5) is 39.2. The maximum absolute atomic E-state index is 12.7. The van der Waals surface area contributed by atoms with Crippen molar-refractivity contribution in [2.75, 3.05) is 19.6 Å². The van der Waals surface area contributed by atoms with Gasteiger partial charge in [-0.3, -0.25) is 9.59 Å². The first-order valence-corrected chi connectivity index (χ1v) is 12.4. The molecule has 1 saturated heterocycles. The molecule has 1 aromatic carbocycles. The lowest BCUT2D eigenvalue weighted by Gasteiger charge is -2.47. The maximum Gasteiger partial charge on any atom is 0.339 e. The van der Waals surface area contributed by atoms with E-state index in [-0.39, 0.29) is 24.0 Å². The average Bonchev–Trinajstić information content (AvgIpc) is 3.32. The molecule has 0 radical (unpaired) electrons. The second kappa shape index (κ2) is 9.06. The SMILES string of the molecule is C[C@@H](Oc1ccc2c3c(c(=O)oc2c1)CCC3)C(=O)NCC(=O)N1CC[C@@]2(O)CCCC[C@H]2C1. The minimum atomic E-state index is -0.823. The predicted octanol–water partition coefficient (Wildman–Crippen LogP) is 2.32. The number of nitrogens with one attached hydrogen (secondary N) is 1. The van der Waals surface area contributed by atoms with Crippen LogP contribution in [0, 0.1) is 5.92 Å². The molecular formula is C26H32N2O6. The molecule has 2 N–H and O–H groups in total. The summed E-state index contributed by atoms with van der Waals surface area (Å²) in [6.45, 7) is 2.57. The van der Waals surface area contributed by atoms with Crippen molar-refractivity contribution in [3.05, 3.63) is 39.7 Å². The van der Waals surface area contributed by atoms with Crippen LogP contribution in [0.5, 0.6) is 5.75 Å². The van der Waals surface area contributed by atoms with Gasteiger partial charge in [-0.25, -0.2) is 4.79 Å². The first-order chi connectivity index (χ1) is 16.3. The van der Waals surface area contributed by atoms with E-state index in [1.807, 2.05) is 6.07 Å². The molecule has 2 aromatic rings. The molecule has 1 saturated carbocycles. The van der Waals surface area contributed by atoms with Crippen LogP contribution in [-0.2, 0) is 22.4 Å². The molecule has 2 fully saturated rings. The molecule has 2 heterocycles. The van der Waals surface area contributed by atoms with Gasteiger partial charge in [0.1, 0.15) is 11.3 Å². The summed E-state index contributed by atoms with van der Waals surface area (Å²) in [7, 11) is 0.